The Balaban J connectivity index is 1.54. The predicted molar refractivity (Wildman–Crippen MR) is 172 cm³/mol. The van der Waals surface area contributed by atoms with Crippen LogP contribution in [0.4, 0.5) is 35.9 Å². The number of hydrogen-bond donors (Lipinski definition) is 1. The van der Waals surface area contributed by atoms with E-state index in [1.54, 1.807) is 41.5 Å². The van der Waals surface area contributed by atoms with Crippen molar-refractivity contribution in [1.82, 2.24) is 20.4 Å². The van der Waals surface area contributed by atoms with Crippen LogP contribution in [0.3, 0.4) is 0 Å². The van der Waals surface area contributed by atoms with E-state index in [-0.39, 0.29) is 36.4 Å². The van der Waals surface area contributed by atoms with Crippen molar-refractivity contribution in [3.05, 3.63) is 71.1 Å². The molecule has 0 spiro atoms. The third-order valence-electron chi connectivity index (χ3n) is 6.88. The Morgan fingerprint density at radius 3 is 2.24 bits per heavy atom. The maximum Gasteiger partial charge on any atom is 0.437 e. The van der Waals surface area contributed by atoms with Crippen molar-refractivity contribution in [2.75, 3.05) is 13.2 Å². The van der Waals surface area contributed by atoms with Gasteiger partial charge in [0.25, 0.3) is 0 Å². The summed E-state index contributed by atoms with van der Waals surface area (Å²) < 4.78 is 102. The minimum atomic E-state index is -4.84. The number of aliphatic imine (C=N–C) groups is 1. The summed E-state index contributed by atoms with van der Waals surface area (Å²) in [7, 11) is 0. The number of carbonyl (C=O) groups is 2. The summed E-state index contributed by atoms with van der Waals surface area (Å²) in [6.07, 6.45) is -7.46. The SMILES string of the molecule is CC(C)(C)OC(=O)/N=C(\NC(=O)OC(C)(C)C)N1CCC[C@H]1c1nc(-c2ccc(OC/C=C\c3ccc(C(F)(F)F)cc3)c(C(F)(F)F)c2)no1. The van der Waals surface area contributed by atoms with Gasteiger partial charge < -0.3 is 23.6 Å². The quantitative estimate of drug-likeness (QED) is 0.151. The second-order valence-electron chi connectivity index (χ2n) is 13.4. The highest BCUT2D eigenvalue weighted by molar-refractivity contribution is 5.99. The van der Waals surface area contributed by atoms with Crippen molar-refractivity contribution < 1.29 is 54.7 Å². The molecule has 51 heavy (non-hydrogen) atoms. The molecule has 1 aromatic heterocycles. The van der Waals surface area contributed by atoms with Crippen molar-refractivity contribution in [2.45, 2.75) is 84.0 Å². The van der Waals surface area contributed by atoms with Gasteiger partial charge >= 0.3 is 24.5 Å². The monoisotopic (exact) mass is 725 g/mol. The molecule has 1 saturated heterocycles. The average Bonchev–Trinajstić information content (AvgIpc) is 3.67. The molecule has 1 aliphatic heterocycles. The van der Waals surface area contributed by atoms with Gasteiger partial charge in [-0.05, 0) is 96.4 Å². The number of alkyl halides is 6. The lowest BCUT2D eigenvalue weighted by molar-refractivity contribution is -0.139. The highest BCUT2D eigenvalue weighted by Gasteiger charge is 2.37. The van der Waals surface area contributed by atoms with Gasteiger partial charge in [0.15, 0.2) is 0 Å². The molecule has 2 amide bonds. The van der Waals surface area contributed by atoms with Crippen LogP contribution in [0.15, 0.2) is 58.1 Å². The zero-order valence-electron chi connectivity index (χ0n) is 28.6. The maximum absolute atomic E-state index is 14.1. The van der Waals surface area contributed by atoms with Gasteiger partial charge in [0, 0.05) is 12.1 Å². The van der Waals surface area contributed by atoms with Gasteiger partial charge in [-0.25, -0.2) is 9.59 Å². The van der Waals surface area contributed by atoms with E-state index in [0.29, 0.717) is 18.4 Å². The molecule has 0 radical (unpaired) electrons. The number of hydrogen-bond acceptors (Lipinski definition) is 8. The molecule has 0 bridgehead atoms. The molecule has 2 aromatic carbocycles. The first-order valence-electron chi connectivity index (χ1n) is 15.7. The number of benzene rings is 2. The smallest absolute Gasteiger partial charge is 0.437 e. The number of alkyl carbamates (subject to hydrolysis) is 1. The standard InChI is InChI=1S/C34H37F6N5O6/c1-31(2,3)49-29(46)42-28(43-30(47)50-32(4,5)6)45-17-7-10-24(45)27-41-26(44-51-27)21-13-16-25(23(19-21)34(38,39)40)48-18-8-9-20-11-14-22(15-12-20)33(35,36)37/h8-9,11-16,19,24H,7,10,17-18H2,1-6H3,(H,42,43,46,47)/b9-8-/t24-/m0/s1. The van der Waals surface area contributed by atoms with E-state index in [1.807, 2.05) is 0 Å². The Bertz CT molecular complexity index is 1750. The molecule has 276 valence electrons. The molecule has 2 heterocycles. The fourth-order valence-corrected chi connectivity index (χ4v) is 4.82. The van der Waals surface area contributed by atoms with Gasteiger partial charge in [0.05, 0.1) is 11.1 Å². The molecule has 17 heteroatoms. The number of rotatable bonds is 6. The lowest BCUT2D eigenvalue weighted by atomic mass is 10.1. The topological polar surface area (TPSA) is 128 Å². The lowest BCUT2D eigenvalue weighted by Gasteiger charge is -2.27. The molecule has 1 atom stereocenters. The van der Waals surface area contributed by atoms with E-state index >= 15 is 0 Å². The molecule has 1 aliphatic rings. The van der Waals surface area contributed by atoms with Crippen LogP contribution in [0.1, 0.15) is 83.0 Å². The van der Waals surface area contributed by atoms with E-state index in [2.05, 4.69) is 20.4 Å². The normalized spacial score (nSPS) is 16.0. The van der Waals surface area contributed by atoms with Crippen molar-refractivity contribution in [2.24, 2.45) is 4.99 Å². The minimum absolute atomic E-state index is 0.00679. The Morgan fingerprint density at radius 1 is 0.961 bits per heavy atom. The number of nitrogens with one attached hydrogen (secondary N) is 1. The highest BCUT2D eigenvalue weighted by Crippen LogP contribution is 2.39. The van der Waals surface area contributed by atoms with E-state index in [9.17, 15) is 35.9 Å². The molecule has 3 aromatic rings. The summed E-state index contributed by atoms with van der Waals surface area (Å²) in [4.78, 5) is 35.1. The summed E-state index contributed by atoms with van der Waals surface area (Å²) in [5, 5.41) is 6.36. The summed E-state index contributed by atoms with van der Waals surface area (Å²) in [6, 6.07) is 6.73. The van der Waals surface area contributed by atoms with E-state index in [4.69, 9.17) is 18.7 Å². The molecule has 0 saturated carbocycles. The summed E-state index contributed by atoms with van der Waals surface area (Å²) >= 11 is 0. The Hall–Kier alpha value is -5.09. The van der Waals surface area contributed by atoms with Crippen LogP contribution < -0.4 is 10.1 Å². The Kier molecular flexibility index (Phi) is 11.4. The average molecular weight is 726 g/mol. The van der Waals surface area contributed by atoms with Crippen LogP contribution in [-0.4, -0.2) is 57.5 Å². The van der Waals surface area contributed by atoms with Crippen LogP contribution in [0.5, 0.6) is 5.75 Å². The molecule has 4 rings (SSSR count). The molecule has 0 aliphatic carbocycles. The second kappa shape index (κ2) is 15.0. The van der Waals surface area contributed by atoms with Crippen molar-refractivity contribution >= 4 is 24.2 Å². The fourth-order valence-electron chi connectivity index (χ4n) is 4.82. The number of halogens is 6. The van der Waals surface area contributed by atoms with E-state index in [0.717, 1.165) is 24.3 Å². The first-order valence-corrected chi connectivity index (χ1v) is 15.7. The number of amides is 2. The zero-order chi connectivity index (χ0) is 37.8. The zero-order valence-corrected chi connectivity index (χ0v) is 28.6. The lowest BCUT2D eigenvalue weighted by Crippen LogP contribution is -2.46. The Labute approximate surface area is 289 Å². The third-order valence-corrected chi connectivity index (χ3v) is 6.88. The number of guanidine groups is 1. The van der Waals surface area contributed by atoms with Gasteiger partial charge in [-0.3, -0.25) is 5.32 Å². The van der Waals surface area contributed by atoms with Crippen molar-refractivity contribution in [1.29, 1.82) is 0 Å². The van der Waals surface area contributed by atoms with Gasteiger partial charge in [-0.2, -0.15) is 31.3 Å². The number of ether oxygens (including phenoxy) is 3. The van der Waals surface area contributed by atoms with Gasteiger partial charge in [-0.15, -0.1) is 4.99 Å². The van der Waals surface area contributed by atoms with Crippen LogP contribution in [-0.2, 0) is 21.8 Å². The number of carbonyl (C=O) groups excluding carboxylic acids is 2. The molecule has 0 unspecified atom stereocenters. The number of aromatic nitrogens is 2. The molecular formula is C34H37F6N5O6. The largest absolute Gasteiger partial charge is 0.489 e. The van der Waals surface area contributed by atoms with E-state index in [1.165, 1.54) is 35.3 Å². The predicted octanol–water partition coefficient (Wildman–Crippen LogP) is 8.82. The first kappa shape index (κ1) is 38.7. The third kappa shape index (κ3) is 11.2. The summed E-state index contributed by atoms with van der Waals surface area (Å²) in [6.45, 7) is 9.89. The molecule has 1 fully saturated rings. The van der Waals surface area contributed by atoms with Crippen LogP contribution in [0, 0.1) is 0 Å². The van der Waals surface area contributed by atoms with Crippen molar-refractivity contribution in [3.63, 3.8) is 0 Å². The maximum atomic E-state index is 14.1. The van der Waals surface area contributed by atoms with Gasteiger partial charge in [-0.1, -0.05) is 23.4 Å². The molecule has 11 nitrogen and oxygen atoms in total. The molecular weight excluding hydrogens is 688 g/mol. The molecule has 1 N–H and O–H groups in total. The highest BCUT2D eigenvalue weighted by atomic mass is 19.4. The summed E-state index contributed by atoms with van der Waals surface area (Å²) in [5.74, 6) is -0.867. The van der Waals surface area contributed by atoms with Crippen LogP contribution >= 0.6 is 0 Å². The van der Waals surface area contributed by atoms with Gasteiger partial charge in [0.2, 0.25) is 17.7 Å². The summed E-state index contributed by atoms with van der Waals surface area (Å²) in [5.41, 5.74) is -3.34. The Morgan fingerprint density at radius 2 is 1.63 bits per heavy atom. The van der Waals surface area contributed by atoms with Gasteiger partial charge in [0.1, 0.15) is 29.6 Å². The number of likely N-dealkylation sites (tertiary alicyclic amines) is 1. The van der Waals surface area contributed by atoms with Crippen LogP contribution in [0.2, 0.25) is 0 Å². The minimum Gasteiger partial charge on any atom is -0.489 e. The van der Waals surface area contributed by atoms with Crippen LogP contribution in [0.25, 0.3) is 17.5 Å². The first-order chi connectivity index (χ1) is 23.6. The second-order valence-corrected chi connectivity index (χ2v) is 13.4. The van der Waals surface area contributed by atoms with Crippen molar-refractivity contribution in [3.8, 4) is 17.1 Å². The van der Waals surface area contributed by atoms with E-state index < -0.39 is 58.7 Å². The number of nitrogens with zero attached hydrogens (tertiary/aromatic N) is 4. The fraction of sp³-hybridized carbons (Fsp3) is 0.441.